The summed E-state index contributed by atoms with van der Waals surface area (Å²) in [5, 5.41) is 10.7. The average Bonchev–Trinajstić information content (AvgIpc) is 2.43. The van der Waals surface area contributed by atoms with Gasteiger partial charge < -0.3 is 9.84 Å². The number of carbonyl (C=O) groups is 1. The topological polar surface area (TPSA) is 46.5 Å². The predicted octanol–water partition coefficient (Wildman–Crippen LogP) is 5.04. The van der Waals surface area contributed by atoms with Gasteiger partial charge in [-0.1, -0.05) is 67.2 Å². The Hall–Kier alpha value is -1.77. The van der Waals surface area contributed by atoms with Crippen molar-refractivity contribution in [2.75, 3.05) is 6.61 Å². The number of hydrogen-bond donors (Lipinski definition) is 1. The minimum atomic E-state index is -0.348. The Morgan fingerprint density at radius 1 is 1.08 bits per heavy atom. The number of aromatic hydroxyl groups is 1. The first kappa shape index (κ1) is 20.3. The summed E-state index contributed by atoms with van der Waals surface area (Å²) in [5.74, 6) is -0.00235. The van der Waals surface area contributed by atoms with E-state index in [0.717, 1.165) is 23.1 Å². The molecular formula is C21H32O3. The molecule has 1 aromatic rings. The van der Waals surface area contributed by atoms with Crippen LogP contribution in [0.4, 0.5) is 0 Å². The van der Waals surface area contributed by atoms with Crippen LogP contribution in [-0.4, -0.2) is 17.7 Å². The summed E-state index contributed by atoms with van der Waals surface area (Å²) in [6, 6.07) is 3.95. The van der Waals surface area contributed by atoms with Crippen LogP contribution in [-0.2, 0) is 26.8 Å². The van der Waals surface area contributed by atoms with Crippen LogP contribution in [0, 0.1) is 0 Å². The molecule has 0 amide bonds. The molecule has 0 aromatic heterocycles. The van der Waals surface area contributed by atoms with E-state index in [0.29, 0.717) is 24.4 Å². The first-order chi connectivity index (χ1) is 10.9. The molecule has 1 aromatic carbocycles. The third-order valence-corrected chi connectivity index (χ3v) is 3.93. The molecule has 0 bridgehead atoms. The molecule has 1 N–H and O–H groups in total. The van der Waals surface area contributed by atoms with E-state index in [-0.39, 0.29) is 16.8 Å². The van der Waals surface area contributed by atoms with E-state index in [2.05, 4.69) is 48.1 Å². The number of phenols is 1. The lowest BCUT2D eigenvalue weighted by Crippen LogP contribution is -2.18. The van der Waals surface area contributed by atoms with Crippen molar-refractivity contribution in [3.63, 3.8) is 0 Å². The van der Waals surface area contributed by atoms with E-state index in [1.807, 2.05) is 19.1 Å². The Bertz CT molecular complexity index is 578. The molecule has 0 spiro atoms. The fraction of sp³-hybridized carbons (Fsp3) is 0.571. The second kappa shape index (κ2) is 7.42. The van der Waals surface area contributed by atoms with Gasteiger partial charge in [0, 0.05) is 12.0 Å². The van der Waals surface area contributed by atoms with Crippen LogP contribution in [0.1, 0.15) is 71.6 Å². The van der Waals surface area contributed by atoms with Crippen molar-refractivity contribution in [2.24, 2.45) is 0 Å². The summed E-state index contributed by atoms with van der Waals surface area (Å²) in [6.45, 7) is 18.7. The van der Waals surface area contributed by atoms with Gasteiger partial charge in [-0.3, -0.25) is 0 Å². The van der Waals surface area contributed by atoms with Crippen molar-refractivity contribution in [1.82, 2.24) is 0 Å². The van der Waals surface area contributed by atoms with Crippen LogP contribution in [0.5, 0.6) is 5.75 Å². The van der Waals surface area contributed by atoms with Crippen molar-refractivity contribution in [1.29, 1.82) is 0 Å². The molecule has 134 valence electrons. The lowest BCUT2D eigenvalue weighted by atomic mass is 9.78. The van der Waals surface area contributed by atoms with E-state index < -0.39 is 0 Å². The minimum absolute atomic E-state index is 0.190. The summed E-state index contributed by atoms with van der Waals surface area (Å²) in [7, 11) is 0. The molecule has 0 fully saturated rings. The Balaban J connectivity index is 3.25. The van der Waals surface area contributed by atoms with Crippen molar-refractivity contribution in [3.05, 3.63) is 41.0 Å². The lowest BCUT2D eigenvalue weighted by molar-refractivity contribution is -0.139. The van der Waals surface area contributed by atoms with Gasteiger partial charge in [-0.05, 0) is 33.9 Å². The Labute approximate surface area is 146 Å². The third kappa shape index (κ3) is 5.12. The third-order valence-electron chi connectivity index (χ3n) is 3.93. The molecule has 0 aliphatic carbocycles. The highest BCUT2D eigenvalue weighted by molar-refractivity contribution is 5.88. The molecule has 24 heavy (non-hydrogen) atoms. The smallest absolute Gasteiger partial charge is 0.333 e. The van der Waals surface area contributed by atoms with Crippen molar-refractivity contribution < 1.29 is 14.6 Å². The highest BCUT2D eigenvalue weighted by Gasteiger charge is 2.26. The minimum Gasteiger partial charge on any atom is -0.507 e. The molecule has 0 unspecified atom stereocenters. The molecule has 3 heteroatoms. The lowest BCUT2D eigenvalue weighted by Gasteiger charge is -2.28. The number of rotatable bonds is 5. The summed E-state index contributed by atoms with van der Waals surface area (Å²) >= 11 is 0. The molecule has 0 radical (unpaired) electrons. The monoisotopic (exact) mass is 332 g/mol. The van der Waals surface area contributed by atoms with E-state index in [9.17, 15) is 9.90 Å². The van der Waals surface area contributed by atoms with Crippen LogP contribution in [0.3, 0.4) is 0 Å². The van der Waals surface area contributed by atoms with Crippen LogP contribution in [0.2, 0.25) is 0 Å². The highest BCUT2D eigenvalue weighted by Crippen LogP contribution is 2.40. The van der Waals surface area contributed by atoms with Gasteiger partial charge in [-0.25, -0.2) is 4.79 Å². The van der Waals surface area contributed by atoms with Crippen molar-refractivity contribution in [2.45, 2.75) is 72.1 Å². The average molecular weight is 332 g/mol. The van der Waals surface area contributed by atoms with Gasteiger partial charge in [-0.15, -0.1) is 0 Å². The largest absolute Gasteiger partial charge is 0.507 e. The van der Waals surface area contributed by atoms with Crippen LogP contribution in [0.15, 0.2) is 24.3 Å². The van der Waals surface area contributed by atoms with E-state index >= 15 is 0 Å². The summed E-state index contributed by atoms with van der Waals surface area (Å²) in [4.78, 5) is 12.0. The van der Waals surface area contributed by atoms with Gasteiger partial charge >= 0.3 is 5.97 Å². The van der Waals surface area contributed by atoms with Crippen molar-refractivity contribution >= 4 is 5.97 Å². The molecule has 0 heterocycles. The second-order valence-electron chi connectivity index (χ2n) is 8.46. The standard InChI is InChI=1S/C21H32O3/c1-9-10-24-19(23)14(2)11-15-12-16(20(3,4)5)18(22)17(13-15)21(6,7)8/h12-13,22H,2,9-11H2,1,3-8H3. The normalized spacial score (nSPS) is 12.1. The van der Waals surface area contributed by atoms with E-state index in [1.165, 1.54) is 0 Å². The van der Waals surface area contributed by atoms with Gasteiger partial charge in [0.1, 0.15) is 5.75 Å². The van der Waals surface area contributed by atoms with E-state index in [4.69, 9.17) is 4.74 Å². The number of ether oxygens (including phenoxy) is 1. The summed E-state index contributed by atoms with van der Waals surface area (Å²) in [6.07, 6.45) is 1.22. The second-order valence-corrected chi connectivity index (χ2v) is 8.46. The number of esters is 1. The van der Waals surface area contributed by atoms with Gasteiger partial charge in [0.15, 0.2) is 0 Å². The fourth-order valence-corrected chi connectivity index (χ4v) is 2.56. The molecule has 0 aliphatic heterocycles. The van der Waals surface area contributed by atoms with Crippen LogP contribution < -0.4 is 0 Å². The Kier molecular flexibility index (Phi) is 6.26. The Morgan fingerprint density at radius 3 is 1.92 bits per heavy atom. The van der Waals surface area contributed by atoms with Gasteiger partial charge in [0.05, 0.1) is 6.61 Å². The zero-order valence-corrected chi connectivity index (χ0v) is 16.2. The molecule has 0 saturated carbocycles. The first-order valence-corrected chi connectivity index (χ1v) is 8.59. The van der Waals surface area contributed by atoms with Crippen LogP contribution in [0.25, 0.3) is 0 Å². The van der Waals surface area contributed by atoms with Gasteiger partial charge in [0.25, 0.3) is 0 Å². The van der Waals surface area contributed by atoms with Crippen molar-refractivity contribution in [3.8, 4) is 5.75 Å². The van der Waals surface area contributed by atoms with Gasteiger partial charge in [-0.2, -0.15) is 0 Å². The molecule has 3 nitrogen and oxygen atoms in total. The molecule has 0 saturated heterocycles. The maximum absolute atomic E-state index is 12.0. The number of benzene rings is 1. The van der Waals surface area contributed by atoms with E-state index in [1.54, 1.807) is 0 Å². The first-order valence-electron chi connectivity index (χ1n) is 8.59. The number of hydrogen-bond acceptors (Lipinski definition) is 3. The maximum Gasteiger partial charge on any atom is 0.333 e. The van der Waals surface area contributed by atoms with Gasteiger partial charge in [0.2, 0.25) is 0 Å². The SMILES string of the molecule is C=C(Cc1cc(C(C)(C)C)c(O)c(C(C)(C)C)c1)C(=O)OCCC. The zero-order valence-electron chi connectivity index (χ0n) is 16.2. The number of carbonyl (C=O) groups excluding carboxylic acids is 1. The molecule has 0 atom stereocenters. The quantitative estimate of drug-likeness (QED) is 0.607. The molecule has 1 rings (SSSR count). The highest BCUT2D eigenvalue weighted by atomic mass is 16.5. The summed E-state index contributed by atoms with van der Waals surface area (Å²) in [5.41, 5.74) is 2.81. The molecule has 0 aliphatic rings. The zero-order chi connectivity index (χ0) is 18.7. The maximum atomic E-state index is 12.0. The summed E-state index contributed by atoms with van der Waals surface area (Å²) < 4.78 is 5.16. The number of phenolic OH excluding ortho intramolecular Hbond substituents is 1. The van der Waals surface area contributed by atoms with Crippen LogP contribution >= 0.6 is 0 Å². The molecular weight excluding hydrogens is 300 g/mol. The predicted molar refractivity (Wildman–Crippen MR) is 99.6 cm³/mol. The Morgan fingerprint density at radius 2 is 1.54 bits per heavy atom. The fourth-order valence-electron chi connectivity index (χ4n) is 2.56.